The van der Waals surface area contributed by atoms with E-state index in [0.717, 1.165) is 12.8 Å². The molecule has 0 N–H and O–H groups in total. The van der Waals surface area contributed by atoms with Crippen LogP contribution in [0.4, 0.5) is 0 Å². The second kappa shape index (κ2) is 28.6. The van der Waals surface area contributed by atoms with Crippen LogP contribution in [0.3, 0.4) is 0 Å². The molecule has 1 aromatic carbocycles. The first kappa shape index (κ1) is 37.5. The molecule has 0 fully saturated rings. The fraction of sp³-hybridized carbons (Fsp3) is 0.846. The van der Waals surface area contributed by atoms with Crippen LogP contribution in [0.1, 0.15) is 212 Å². The summed E-state index contributed by atoms with van der Waals surface area (Å²) < 4.78 is 0. The number of halogens is 1. The monoisotopic (exact) mass is 575 g/mol. The molecule has 0 aliphatic rings. The number of alkyl halides is 1. The minimum atomic E-state index is -0.157. The first-order chi connectivity index (χ1) is 19.7. The summed E-state index contributed by atoms with van der Waals surface area (Å²) in [6, 6.07) is 11.0. The van der Waals surface area contributed by atoms with Gasteiger partial charge in [0.05, 0.1) is 4.87 Å². The largest absolute Gasteiger partial charge is 0.114 e. The summed E-state index contributed by atoms with van der Waals surface area (Å²) in [5.74, 6) is 0. The summed E-state index contributed by atoms with van der Waals surface area (Å²) in [6.45, 7) is 4.60. The molecule has 1 heteroatoms. The number of hydrogen-bond donors (Lipinski definition) is 0. The van der Waals surface area contributed by atoms with Gasteiger partial charge in [-0.25, -0.2) is 0 Å². The van der Waals surface area contributed by atoms with E-state index in [1.165, 1.54) is 185 Å². The van der Waals surface area contributed by atoms with Crippen LogP contribution in [-0.2, 0) is 4.87 Å². The van der Waals surface area contributed by atoms with E-state index in [4.69, 9.17) is 11.6 Å². The molecule has 0 aromatic heterocycles. The van der Waals surface area contributed by atoms with Gasteiger partial charge in [0, 0.05) is 0 Å². The zero-order valence-corrected chi connectivity index (χ0v) is 28.2. The lowest BCUT2D eigenvalue weighted by molar-refractivity contribution is 0.442. The van der Waals surface area contributed by atoms with E-state index in [2.05, 4.69) is 44.2 Å². The van der Waals surface area contributed by atoms with E-state index in [-0.39, 0.29) is 4.87 Å². The Bertz CT molecular complexity index is 576. The van der Waals surface area contributed by atoms with Gasteiger partial charge < -0.3 is 0 Å². The van der Waals surface area contributed by atoms with Crippen molar-refractivity contribution in [3.63, 3.8) is 0 Å². The van der Waals surface area contributed by atoms with Crippen molar-refractivity contribution in [3.05, 3.63) is 35.9 Å². The van der Waals surface area contributed by atoms with Crippen molar-refractivity contribution >= 4 is 11.6 Å². The van der Waals surface area contributed by atoms with Crippen molar-refractivity contribution in [2.45, 2.75) is 211 Å². The van der Waals surface area contributed by atoms with Crippen molar-refractivity contribution in [2.75, 3.05) is 0 Å². The van der Waals surface area contributed by atoms with Gasteiger partial charge in [-0.3, -0.25) is 0 Å². The molecule has 40 heavy (non-hydrogen) atoms. The molecule has 0 aliphatic heterocycles. The van der Waals surface area contributed by atoms with Crippen LogP contribution in [0, 0.1) is 0 Å². The molecule has 0 saturated carbocycles. The van der Waals surface area contributed by atoms with Gasteiger partial charge in [0.15, 0.2) is 0 Å². The second-order valence-electron chi connectivity index (χ2n) is 13.0. The summed E-state index contributed by atoms with van der Waals surface area (Å²) in [5.41, 5.74) is 1.35. The zero-order chi connectivity index (χ0) is 28.8. The Hall–Kier alpha value is -0.490. The van der Waals surface area contributed by atoms with Crippen LogP contribution in [0.2, 0.25) is 0 Å². The fourth-order valence-corrected chi connectivity index (χ4v) is 6.74. The maximum atomic E-state index is 7.37. The third-order valence-electron chi connectivity index (χ3n) is 9.14. The van der Waals surface area contributed by atoms with E-state index in [0.29, 0.717) is 0 Å². The Labute approximate surface area is 258 Å². The minimum Gasteiger partial charge on any atom is -0.114 e. The highest BCUT2D eigenvalue weighted by Gasteiger charge is 2.28. The highest BCUT2D eigenvalue weighted by molar-refractivity contribution is 6.24. The van der Waals surface area contributed by atoms with Gasteiger partial charge in [0.2, 0.25) is 0 Å². The number of unbranched alkanes of at least 4 members (excludes halogenated alkanes) is 26. The van der Waals surface area contributed by atoms with Crippen LogP contribution in [0.5, 0.6) is 0 Å². The van der Waals surface area contributed by atoms with Crippen LogP contribution < -0.4 is 0 Å². The molecule has 0 saturated heterocycles. The van der Waals surface area contributed by atoms with Crippen LogP contribution >= 0.6 is 11.6 Å². The normalized spacial score (nSPS) is 11.9. The Morgan fingerprint density at radius 1 is 0.375 bits per heavy atom. The molecule has 0 aliphatic carbocycles. The predicted molar refractivity (Wildman–Crippen MR) is 184 cm³/mol. The molecule has 0 radical (unpaired) electrons. The summed E-state index contributed by atoms with van der Waals surface area (Å²) in [6.07, 6.45) is 41.9. The van der Waals surface area contributed by atoms with E-state index in [1.54, 1.807) is 0 Å². The van der Waals surface area contributed by atoms with Crippen LogP contribution in [0.15, 0.2) is 30.3 Å². The van der Waals surface area contributed by atoms with Gasteiger partial charge in [-0.2, -0.15) is 0 Å². The summed E-state index contributed by atoms with van der Waals surface area (Å²) in [4.78, 5) is -0.157. The van der Waals surface area contributed by atoms with Crippen molar-refractivity contribution in [2.24, 2.45) is 0 Å². The smallest absolute Gasteiger partial charge is 0.0695 e. The quantitative estimate of drug-likeness (QED) is 0.0610. The third-order valence-corrected chi connectivity index (χ3v) is 9.74. The molecule has 234 valence electrons. The van der Waals surface area contributed by atoms with Gasteiger partial charge >= 0.3 is 0 Å². The molecule has 0 unspecified atom stereocenters. The Morgan fingerprint density at radius 2 is 0.625 bits per heavy atom. The molecule has 0 atom stereocenters. The topological polar surface area (TPSA) is 0 Å². The van der Waals surface area contributed by atoms with Crippen molar-refractivity contribution < 1.29 is 0 Å². The SMILES string of the molecule is CCCCCCCCCCCCCCCCC(Cl)(CCCCCCCCCCCCCCCC)c1ccccc1. The minimum absolute atomic E-state index is 0.157. The molecular weight excluding hydrogens is 504 g/mol. The maximum Gasteiger partial charge on any atom is 0.0695 e. The first-order valence-corrected chi connectivity index (χ1v) is 18.8. The molecule has 1 rings (SSSR count). The van der Waals surface area contributed by atoms with E-state index in [1.807, 2.05) is 0 Å². The molecule has 0 nitrogen and oxygen atoms in total. The Kier molecular flexibility index (Phi) is 26.9. The van der Waals surface area contributed by atoms with E-state index in [9.17, 15) is 0 Å². The van der Waals surface area contributed by atoms with Crippen molar-refractivity contribution in [3.8, 4) is 0 Å². The Balaban J connectivity index is 2.08. The van der Waals surface area contributed by atoms with Gasteiger partial charge in [-0.05, 0) is 18.4 Å². The zero-order valence-electron chi connectivity index (χ0n) is 27.5. The second-order valence-corrected chi connectivity index (χ2v) is 13.7. The van der Waals surface area contributed by atoms with Gasteiger partial charge in [-0.15, -0.1) is 11.6 Å². The van der Waals surface area contributed by atoms with E-state index >= 15 is 0 Å². The molecule has 1 aromatic rings. The van der Waals surface area contributed by atoms with E-state index < -0.39 is 0 Å². The predicted octanol–water partition coefficient (Wildman–Crippen LogP) is 14.9. The molecular formula is C39H71Cl. The summed E-state index contributed by atoms with van der Waals surface area (Å²) >= 11 is 7.37. The highest BCUT2D eigenvalue weighted by atomic mass is 35.5. The summed E-state index contributed by atoms with van der Waals surface area (Å²) in [7, 11) is 0. The average Bonchev–Trinajstić information content (AvgIpc) is 2.98. The maximum absolute atomic E-state index is 7.37. The molecule has 0 heterocycles. The first-order valence-electron chi connectivity index (χ1n) is 18.5. The highest BCUT2D eigenvalue weighted by Crippen LogP contribution is 2.40. The van der Waals surface area contributed by atoms with Crippen molar-refractivity contribution in [1.29, 1.82) is 0 Å². The van der Waals surface area contributed by atoms with Crippen LogP contribution in [0.25, 0.3) is 0 Å². The fourth-order valence-electron chi connectivity index (χ4n) is 6.35. The lowest BCUT2D eigenvalue weighted by Crippen LogP contribution is -2.19. The Morgan fingerprint density at radius 3 is 0.900 bits per heavy atom. The van der Waals surface area contributed by atoms with Crippen LogP contribution in [-0.4, -0.2) is 0 Å². The average molecular weight is 575 g/mol. The summed E-state index contributed by atoms with van der Waals surface area (Å²) in [5, 5.41) is 0. The number of rotatable bonds is 31. The number of benzene rings is 1. The van der Waals surface area contributed by atoms with Gasteiger partial charge in [0.1, 0.15) is 0 Å². The molecule has 0 spiro atoms. The number of hydrogen-bond acceptors (Lipinski definition) is 0. The van der Waals surface area contributed by atoms with Crippen molar-refractivity contribution in [1.82, 2.24) is 0 Å². The van der Waals surface area contributed by atoms with Gasteiger partial charge in [0.25, 0.3) is 0 Å². The van der Waals surface area contributed by atoms with Gasteiger partial charge in [-0.1, -0.05) is 224 Å². The lowest BCUT2D eigenvalue weighted by atomic mass is 9.87. The third kappa shape index (κ3) is 22.2. The molecule has 0 bridgehead atoms. The lowest BCUT2D eigenvalue weighted by Gasteiger charge is -2.28. The molecule has 0 amide bonds. The standard InChI is InChI=1S/C39H71Cl/c1-3-5-7-9-11-13-15-17-19-21-23-25-27-32-36-39(40,38-34-30-29-31-35-38)37-33-28-26-24-22-20-18-16-14-12-10-8-6-4-2/h29-31,34-35H,3-28,32-33,36-37H2,1-2H3.